The Kier molecular flexibility index (Phi) is 3.12. The van der Waals surface area contributed by atoms with Crippen LogP contribution in [0.2, 0.25) is 10.0 Å². The first kappa shape index (κ1) is 13.0. The molecular formula is C14H8Cl2N2O2. The SMILES string of the molecule is O=C(O)c1ccn2cc(-c3cccc(Cl)c3Cl)nc2c1. The van der Waals surface area contributed by atoms with Crippen molar-refractivity contribution >= 4 is 34.8 Å². The van der Waals surface area contributed by atoms with Gasteiger partial charge in [0.2, 0.25) is 0 Å². The minimum atomic E-state index is -0.988. The maximum absolute atomic E-state index is 10.9. The molecule has 0 atom stereocenters. The van der Waals surface area contributed by atoms with E-state index in [9.17, 15) is 4.79 Å². The number of pyridine rings is 1. The number of carboxylic acid groups (broad SMARTS) is 1. The van der Waals surface area contributed by atoms with Gasteiger partial charge in [-0.3, -0.25) is 0 Å². The first-order chi connectivity index (χ1) is 9.56. The highest BCUT2D eigenvalue weighted by molar-refractivity contribution is 6.43. The third-order valence-electron chi connectivity index (χ3n) is 2.93. The molecule has 0 spiro atoms. The molecule has 100 valence electrons. The summed E-state index contributed by atoms with van der Waals surface area (Å²) in [4.78, 5) is 15.3. The Bertz CT molecular complexity index is 827. The lowest BCUT2D eigenvalue weighted by molar-refractivity contribution is 0.0697. The molecule has 0 amide bonds. The number of carboxylic acids is 1. The lowest BCUT2D eigenvalue weighted by atomic mass is 10.2. The molecule has 0 bridgehead atoms. The van der Waals surface area contributed by atoms with Gasteiger partial charge < -0.3 is 9.51 Å². The van der Waals surface area contributed by atoms with Gasteiger partial charge in [0, 0.05) is 18.0 Å². The number of hydrogen-bond donors (Lipinski definition) is 1. The van der Waals surface area contributed by atoms with Crippen LogP contribution < -0.4 is 0 Å². The molecule has 0 radical (unpaired) electrons. The zero-order valence-corrected chi connectivity index (χ0v) is 11.6. The summed E-state index contributed by atoms with van der Waals surface area (Å²) in [6.07, 6.45) is 3.42. The van der Waals surface area contributed by atoms with Gasteiger partial charge in [-0.15, -0.1) is 0 Å². The van der Waals surface area contributed by atoms with E-state index in [-0.39, 0.29) is 5.56 Å². The Hall–Kier alpha value is -2.04. The molecule has 0 aliphatic heterocycles. The van der Waals surface area contributed by atoms with Crippen molar-refractivity contribution < 1.29 is 9.90 Å². The summed E-state index contributed by atoms with van der Waals surface area (Å²) in [5.41, 5.74) is 2.07. The van der Waals surface area contributed by atoms with E-state index in [1.807, 2.05) is 6.07 Å². The summed E-state index contributed by atoms with van der Waals surface area (Å²) in [5, 5.41) is 9.85. The lowest BCUT2D eigenvalue weighted by Gasteiger charge is -2.01. The van der Waals surface area contributed by atoms with Crippen molar-refractivity contribution in [1.29, 1.82) is 0 Å². The van der Waals surface area contributed by atoms with Crippen LogP contribution in [0.3, 0.4) is 0 Å². The van der Waals surface area contributed by atoms with E-state index < -0.39 is 5.97 Å². The smallest absolute Gasteiger partial charge is 0.335 e. The van der Waals surface area contributed by atoms with E-state index in [2.05, 4.69) is 4.98 Å². The number of rotatable bonds is 2. The molecule has 2 heterocycles. The van der Waals surface area contributed by atoms with E-state index in [4.69, 9.17) is 28.3 Å². The number of nitrogens with zero attached hydrogens (tertiary/aromatic N) is 2. The maximum atomic E-state index is 10.9. The fourth-order valence-corrected chi connectivity index (χ4v) is 2.34. The minimum Gasteiger partial charge on any atom is -0.478 e. The second-order valence-electron chi connectivity index (χ2n) is 4.21. The second kappa shape index (κ2) is 4.81. The number of aromatic carboxylic acids is 1. The predicted octanol–water partition coefficient (Wildman–Crippen LogP) is 4.01. The van der Waals surface area contributed by atoms with Crippen LogP contribution in [0, 0.1) is 0 Å². The van der Waals surface area contributed by atoms with Crippen molar-refractivity contribution in [3.05, 3.63) is 58.3 Å². The zero-order valence-electron chi connectivity index (χ0n) is 10.0. The molecule has 0 unspecified atom stereocenters. The average Bonchev–Trinajstić information content (AvgIpc) is 2.84. The van der Waals surface area contributed by atoms with Gasteiger partial charge in [0.05, 0.1) is 21.3 Å². The Morgan fingerprint density at radius 1 is 1.25 bits per heavy atom. The fourth-order valence-electron chi connectivity index (χ4n) is 1.95. The Morgan fingerprint density at radius 3 is 2.80 bits per heavy atom. The van der Waals surface area contributed by atoms with Gasteiger partial charge in [-0.1, -0.05) is 35.3 Å². The molecule has 0 saturated heterocycles. The lowest BCUT2D eigenvalue weighted by Crippen LogP contribution is -1.96. The van der Waals surface area contributed by atoms with Crippen LogP contribution in [0.25, 0.3) is 16.9 Å². The first-order valence-corrected chi connectivity index (χ1v) is 6.48. The van der Waals surface area contributed by atoms with Crippen molar-refractivity contribution in [1.82, 2.24) is 9.38 Å². The molecule has 1 N–H and O–H groups in total. The number of hydrogen-bond acceptors (Lipinski definition) is 2. The molecular weight excluding hydrogens is 299 g/mol. The predicted molar refractivity (Wildman–Crippen MR) is 77.6 cm³/mol. The number of halogens is 2. The van der Waals surface area contributed by atoms with Gasteiger partial charge in [-0.2, -0.15) is 0 Å². The molecule has 0 saturated carbocycles. The van der Waals surface area contributed by atoms with Crippen LogP contribution >= 0.6 is 23.2 Å². The van der Waals surface area contributed by atoms with Crippen molar-refractivity contribution in [3.63, 3.8) is 0 Å². The van der Waals surface area contributed by atoms with E-state index in [1.165, 1.54) is 12.1 Å². The fraction of sp³-hybridized carbons (Fsp3) is 0. The Morgan fingerprint density at radius 2 is 2.05 bits per heavy atom. The van der Waals surface area contributed by atoms with Gasteiger partial charge in [-0.05, 0) is 18.2 Å². The summed E-state index contributed by atoms with van der Waals surface area (Å²) < 4.78 is 1.74. The topological polar surface area (TPSA) is 54.6 Å². The van der Waals surface area contributed by atoms with Crippen LogP contribution in [-0.4, -0.2) is 20.5 Å². The zero-order chi connectivity index (χ0) is 14.3. The molecule has 2 aromatic heterocycles. The van der Waals surface area contributed by atoms with Gasteiger partial charge in [0.25, 0.3) is 0 Å². The molecule has 0 aliphatic carbocycles. The quantitative estimate of drug-likeness (QED) is 0.778. The van der Waals surface area contributed by atoms with Crippen molar-refractivity contribution in [3.8, 4) is 11.3 Å². The molecule has 3 aromatic rings. The molecule has 6 heteroatoms. The molecule has 0 fully saturated rings. The highest BCUT2D eigenvalue weighted by Crippen LogP contribution is 2.32. The molecule has 4 nitrogen and oxygen atoms in total. The molecule has 3 rings (SSSR count). The largest absolute Gasteiger partial charge is 0.478 e. The number of imidazole rings is 1. The average molecular weight is 307 g/mol. The summed E-state index contributed by atoms with van der Waals surface area (Å²) in [7, 11) is 0. The summed E-state index contributed by atoms with van der Waals surface area (Å²) in [6, 6.07) is 8.32. The van der Waals surface area contributed by atoms with Gasteiger partial charge in [0.1, 0.15) is 5.65 Å². The maximum Gasteiger partial charge on any atom is 0.335 e. The van der Waals surface area contributed by atoms with Gasteiger partial charge >= 0.3 is 5.97 Å². The Balaban J connectivity index is 2.18. The van der Waals surface area contributed by atoms with Gasteiger partial charge in [-0.25, -0.2) is 9.78 Å². The van der Waals surface area contributed by atoms with Crippen LogP contribution in [-0.2, 0) is 0 Å². The van der Waals surface area contributed by atoms with Crippen molar-refractivity contribution in [2.24, 2.45) is 0 Å². The summed E-state index contributed by atoms with van der Waals surface area (Å²) >= 11 is 12.1. The number of carbonyl (C=O) groups is 1. The minimum absolute atomic E-state index is 0.187. The number of aromatic nitrogens is 2. The third-order valence-corrected chi connectivity index (χ3v) is 3.75. The molecule has 20 heavy (non-hydrogen) atoms. The molecule has 0 aliphatic rings. The van der Waals surface area contributed by atoms with Crippen LogP contribution in [0.15, 0.2) is 42.7 Å². The van der Waals surface area contributed by atoms with E-state index >= 15 is 0 Å². The Labute approximate surface area is 124 Å². The monoisotopic (exact) mass is 306 g/mol. The summed E-state index contributed by atoms with van der Waals surface area (Å²) in [5.74, 6) is -0.988. The standard InChI is InChI=1S/C14H8Cl2N2O2/c15-10-3-1-2-9(13(10)16)11-7-18-5-4-8(14(19)20)6-12(18)17-11/h1-7H,(H,19,20). The van der Waals surface area contributed by atoms with E-state index in [0.29, 0.717) is 26.9 Å². The number of fused-ring (bicyclic) bond motifs is 1. The van der Waals surface area contributed by atoms with Crippen LogP contribution in [0.1, 0.15) is 10.4 Å². The van der Waals surface area contributed by atoms with E-state index in [0.717, 1.165) is 0 Å². The van der Waals surface area contributed by atoms with Crippen LogP contribution in [0.4, 0.5) is 0 Å². The molecule has 1 aromatic carbocycles. The normalized spacial score (nSPS) is 10.9. The van der Waals surface area contributed by atoms with E-state index in [1.54, 1.807) is 28.9 Å². The highest BCUT2D eigenvalue weighted by atomic mass is 35.5. The highest BCUT2D eigenvalue weighted by Gasteiger charge is 2.11. The summed E-state index contributed by atoms with van der Waals surface area (Å²) in [6.45, 7) is 0. The van der Waals surface area contributed by atoms with Crippen LogP contribution in [0.5, 0.6) is 0 Å². The number of benzene rings is 1. The van der Waals surface area contributed by atoms with Crippen molar-refractivity contribution in [2.75, 3.05) is 0 Å². The van der Waals surface area contributed by atoms with Crippen molar-refractivity contribution in [2.45, 2.75) is 0 Å². The van der Waals surface area contributed by atoms with Gasteiger partial charge in [0.15, 0.2) is 0 Å². The second-order valence-corrected chi connectivity index (χ2v) is 5.00. The first-order valence-electron chi connectivity index (χ1n) is 5.72. The third kappa shape index (κ3) is 2.13.